The lowest BCUT2D eigenvalue weighted by atomic mass is 10.2. The van der Waals surface area contributed by atoms with Crippen LogP contribution in [0.25, 0.3) is 0 Å². The van der Waals surface area contributed by atoms with Crippen LogP contribution in [0.2, 0.25) is 5.02 Å². The van der Waals surface area contributed by atoms with E-state index in [0.29, 0.717) is 12.5 Å². The second-order valence-electron chi connectivity index (χ2n) is 5.87. The number of halogens is 2. The van der Waals surface area contributed by atoms with Gasteiger partial charge >= 0.3 is 0 Å². The van der Waals surface area contributed by atoms with Crippen molar-refractivity contribution in [3.63, 3.8) is 0 Å². The molecule has 0 amide bonds. The van der Waals surface area contributed by atoms with Gasteiger partial charge in [-0.3, -0.25) is 0 Å². The van der Waals surface area contributed by atoms with Gasteiger partial charge in [0.2, 0.25) is 0 Å². The van der Waals surface area contributed by atoms with E-state index in [1.807, 2.05) is 0 Å². The van der Waals surface area contributed by atoms with Crippen molar-refractivity contribution in [3.8, 4) is 5.75 Å². The van der Waals surface area contributed by atoms with E-state index >= 15 is 0 Å². The minimum Gasteiger partial charge on any atom is -0.488 e. The summed E-state index contributed by atoms with van der Waals surface area (Å²) in [5.74, 6) is 0.316. The van der Waals surface area contributed by atoms with Crippen LogP contribution < -0.4 is 10.1 Å². The van der Waals surface area contributed by atoms with Crippen molar-refractivity contribution in [3.05, 3.63) is 29.0 Å². The van der Waals surface area contributed by atoms with Crippen LogP contribution in [-0.2, 0) is 4.74 Å². The van der Waals surface area contributed by atoms with Crippen molar-refractivity contribution < 1.29 is 13.9 Å². The van der Waals surface area contributed by atoms with Gasteiger partial charge in [0.1, 0.15) is 6.61 Å². The lowest BCUT2D eigenvalue weighted by molar-refractivity contribution is 0.0176. The zero-order valence-corrected chi connectivity index (χ0v) is 13.3. The molecule has 0 saturated carbocycles. The van der Waals surface area contributed by atoms with Gasteiger partial charge in [-0.05, 0) is 37.4 Å². The van der Waals surface area contributed by atoms with Crippen LogP contribution in [0.15, 0.2) is 18.2 Å². The summed E-state index contributed by atoms with van der Waals surface area (Å²) in [6.07, 6.45) is 2.20. The van der Waals surface area contributed by atoms with Gasteiger partial charge in [0.05, 0.1) is 17.2 Å². The molecule has 5 heteroatoms. The molecule has 0 aliphatic carbocycles. The second-order valence-corrected chi connectivity index (χ2v) is 6.28. The van der Waals surface area contributed by atoms with E-state index in [2.05, 4.69) is 19.2 Å². The molecule has 1 aromatic rings. The van der Waals surface area contributed by atoms with Crippen molar-refractivity contribution in [2.24, 2.45) is 5.92 Å². The predicted octanol–water partition coefficient (Wildman–Crippen LogP) is 3.65. The fraction of sp³-hybridized carbons (Fsp3) is 0.625. The molecule has 1 aliphatic rings. The molecule has 1 heterocycles. The number of benzene rings is 1. The fourth-order valence-corrected chi connectivity index (χ4v) is 2.53. The third-order valence-corrected chi connectivity index (χ3v) is 3.75. The Labute approximate surface area is 130 Å². The van der Waals surface area contributed by atoms with Crippen molar-refractivity contribution in [1.82, 2.24) is 5.32 Å². The normalized spacial score (nSPS) is 22.0. The Hall–Kier alpha value is -0.840. The molecule has 1 N–H and O–H groups in total. The zero-order chi connectivity index (χ0) is 15.2. The van der Waals surface area contributed by atoms with Crippen molar-refractivity contribution in [2.75, 3.05) is 19.7 Å². The molecular weight excluding hydrogens is 293 g/mol. The first kappa shape index (κ1) is 16.5. The highest BCUT2D eigenvalue weighted by molar-refractivity contribution is 6.30. The molecule has 0 spiro atoms. The number of hydrogen-bond donors (Lipinski definition) is 1. The predicted molar refractivity (Wildman–Crippen MR) is 82.5 cm³/mol. The van der Waals surface area contributed by atoms with Gasteiger partial charge in [0.25, 0.3) is 0 Å². The maximum absolute atomic E-state index is 13.7. The first-order chi connectivity index (χ1) is 10.1. The van der Waals surface area contributed by atoms with Crippen molar-refractivity contribution in [1.29, 1.82) is 0 Å². The molecule has 3 nitrogen and oxygen atoms in total. The summed E-state index contributed by atoms with van der Waals surface area (Å²) in [6.45, 7) is 6.57. The van der Waals surface area contributed by atoms with Gasteiger partial charge in [0.15, 0.2) is 11.6 Å². The molecule has 1 aromatic carbocycles. The SMILES string of the molecule is CC(C)CNCC1CCC(COc2cccc(Cl)c2F)O1. The fourth-order valence-electron chi connectivity index (χ4n) is 2.36. The maximum atomic E-state index is 13.7. The lowest BCUT2D eigenvalue weighted by Gasteiger charge is -2.16. The summed E-state index contributed by atoms with van der Waals surface area (Å²) in [4.78, 5) is 0. The van der Waals surface area contributed by atoms with Crippen LogP contribution in [0.3, 0.4) is 0 Å². The summed E-state index contributed by atoms with van der Waals surface area (Å²) < 4.78 is 25.1. The van der Waals surface area contributed by atoms with Crippen LogP contribution in [0.5, 0.6) is 5.75 Å². The van der Waals surface area contributed by atoms with E-state index in [1.54, 1.807) is 12.1 Å². The van der Waals surface area contributed by atoms with Gasteiger partial charge in [-0.25, -0.2) is 4.39 Å². The highest BCUT2D eigenvalue weighted by Crippen LogP contribution is 2.26. The average molecular weight is 316 g/mol. The summed E-state index contributed by atoms with van der Waals surface area (Å²) in [7, 11) is 0. The summed E-state index contributed by atoms with van der Waals surface area (Å²) in [6, 6.07) is 4.76. The molecule has 118 valence electrons. The first-order valence-electron chi connectivity index (χ1n) is 7.49. The van der Waals surface area contributed by atoms with Gasteiger partial charge < -0.3 is 14.8 Å². The third kappa shape index (κ3) is 5.13. The number of ether oxygens (including phenoxy) is 2. The van der Waals surface area contributed by atoms with E-state index in [-0.39, 0.29) is 23.0 Å². The highest BCUT2D eigenvalue weighted by atomic mass is 35.5. The standard InChI is InChI=1S/C16H23ClFNO2/c1-11(2)8-19-9-12-6-7-13(21-12)10-20-15-5-3-4-14(17)16(15)18/h3-5,11-13,19H,6-10H2,1-2H3. The molecule has 1 saturated heterocycles. The van der Waals surface area contributed by atoms with Crippen molar-refractivity contribution in [2.45, 2.75) is 38.9 Å². The molecule has 2 rings (SSSR count). The minimum absolute atomic E-state index is 0.0224. The number of hydrogen-bond acceptors (Lipinski definition) is 3. The zero-order valence-electron chi connectivity index (χ0n) is 12.6. The Morgan fingerprint density at radius 3 is 2.90 bits per heavy atom. The number of rotatable bonds is 7. The molecule has 2 atom stereocenters. The van der Waals surface area contributed by atoms with Gasteiger partial charge in [-0.15, -0.1) is 0 Å². The molecule has 0 aromatic heterocycles. The van der Waals surface area contributed by atoms with Crippen LogP contribution >= 0.6 is 11.6 Å². The quantitative estimate of drug-likeness (QED) is 0.833. The van der Waals surface area contributed by atoms with Gasteiger partial charge in [-0.2, -0.15) is 0 Å². The molecule has 21 heavy (non-hydrogen) atoms. The first-order valence-corrected chi connectivity index (χ1v) is 7.87. The maximum Gasteiger partial charge on any atom is 0.183 e. The number of nitrogens with one attached hydrogen (secondary N) is 1. The minimum atomic E-state index is -0.507. The third-order valence-electron chi connectivity index (χ3n) is 3.46. The Morgan fingerprint density at radius 1 is 1.38 bits per heavy atom. The van der Waals surface area contributed by atoms with E-state index in [1.165, 1.54) is 6.07 Å². The Bertz CT molecular complexity index is 456. The monoisotopic (exact) mass is 315 g/mol. The molecule has 1 aliphatic heterocycles. The largest absolute Gasteiger partial charge is 0.488 e. The van der Waals surface area contributed by atoms with E-state index in [9.17, 15) is 4.39 Å². The Balaban J connectivity index is 1.72. The molecule has 1 fully saturated rings. The van der Waals surface area contributed by atoms with E-state index in [4.69, 9.17) is 21.1 Å². The molecular formula is C16H23ClFNO2. The smallest absolute Gasteiger partial charge is 0.183 e. The Morgan fingerprint density at radius 2 is 2.14 bits per heavy atom. The molecule has 2 unspecified atom stereocenters. The van der Waals surface area contributed by atoms with Gasteiger partial charge in [0, 0.05) is 6.54 Å². The van der Waals surface area contributed by atoms with Crippen LogP contribution in [0, 0.1) is 11.7 Å². The summed E-state index contributed by atoms with van der Waals surface area (Å²) in [5, 5.41) is 3.47. The second kappa shape index (κ2) is 7.97. The Kier molecular flexibility index (Phi) is 6.27. The molecule has 0 bridgehead atoms. The topological polar surface area (TPSA) is 30.5 Å². The van der Waals surface area contributed by atoms with E-state index < -0.39 is 5.82 Å². The van der Waals surface area contributed by atoms with Crippen LogP contribution in [-0.4, -0.2) is 31.9 Å². The van der Waals surface area contributed by atoms with Crippen LogP contribution in [0.1, 0.15) is 26.7 Å². The summed E-state index contributed by atoms with van der Waals surface area (Å²) in [5.41, 5.74) is 0. The van der Waals surface area contributed by atoms with Crippen molar-refractivity contribution >= 4 is 11.6 Å². The summed E-state index contributed by atoms with van der Waals surface area (Å²) >= 11 is 5.72. The van der Waals surface area contributed by atoms with Crippen LogP contribution in [0.4, 0.5) is 4.39 Å². The average Bonchev–Trinajstić information content (AvgIpc) is 2.88. The lowest BCUT2D eigenvalue weighted by Crippen LogP contribution is -2.30. The molecule has 0 radical (unpaired) electrons. The highest BCUT2D eigenvalue weighted by Gasteiger charge is 2.25. The van der Waals surface area contributed by atoms with Gasteiger partial charge in [-0.1, -0.05) is 31.5 Å². The van der Waals surface area contributed by atoms with E-state index in [0.717, 1.165) is 25.9 Å².